The molecule has 0 aliphatic heterocycles. The van der Waals surface area contributed by atoms with Gasteiger partial charge >= 0.3 is 5.96 Å². The number of nitrogens with one attached hydrogen (secondary N) is 2. The molecule has 1 atom stereocenters. The molecule has 0 spiro atoms. The summed E-state index contributed by atoms with van der Waals surface area (Å²) in [7, 11) is 8.39. The van der Waals surface area contributed by atoms with Crippen molar-refractivity contribution in [2.75, 3.05) is 54.4 Å². The van der Waals surface area contributed by atoms with E-state index < -0.39 is 23.8 Å². The molecule has 0 fully saturated rings. The maximum absolute atomic E-state index is 12.5. The molecule has 10 nitrogen and oxygen atoms in total. The first-order valence-corrected chi connectivity index (χ1v) is 15.2. The number of hydrogen-bond acceptors (Lipinski definition) is 4. The third kappa shape index (κ3) is 13.2. The van der Waals surface area contributed by atoms with Gasteiger partial charge in [0, 0.05) is 12.0 Å². The van der Waals surface area contributed by atoms with Gasteiger partial charge in [0.2, 0.25) is 11.8 Å². The third-order valence-corrected chi connectivity index (χ3v) is 6.94. The van der Waals surface area contributed by atoms with Gasteiger partial charge in [-0.3, -0.25) is 28.8 Å². The fraction of sp³-hybridized carbons (Fsp3) is 0.515. The van der Waals surface area contributed by atoms with E-state index in [1.807, 2.05) is 30.3 Å². The number of amides is 3. The van der Waals surface area contributed by atoms with Crippen molar-refractivity contribution >= 4 is 23.7 Å². The van der Waals surface area contributed by atoms with Gasteiger partial charge in [0.1, 0.15) is 11.8 Å². The summed E-state index contributed by atoms with van der Waals surface area (Å²) in [5.41, 5.74) is 6.74. The van der Waals surface area contributed by atoms with Crippen molar-refractivity contribution in [2.24, 2.45) is 5.73 Å². The van der Waals surface area contributed by atoms with E-state index in [4.69, 9.17) is 10.5 Å². The third-order valence-electron chi connectivity index (χ3n) is 6.94. The number of benzene rings is 2. The Bertz CT molecular complexity index is 1160. The Morgan fingerprint density at radius 3 is 2.16 bits per heavy atom. The van der Waals surface area contributed by atoms with Crippen LogP contribution in [-0.4, -0.2) is 98.5 Å². The highest BCUT2D eigenvalue weighted by Crippen LogP contribution is 2.13. The molecule has 0 heterocycles. The quantitative estimate of drug-likeness (QED) is 0.106. The second kappa shape index (κ2) is 19.2. The average Bonchev–Trinajstić information content (AvgIpc) is 2.98. The number of carbonyl (C=O) groups is 3. The fourth-order valence-corrected chi connectivity index (χ4v) is 4.86. The lowest BCUT2D eigenvalue weighted by atomic mass is 10.1. The van der Waals surface area contributed by atoms with Gasteiger partial charge in [-0.1, -0.05) is 50.1 Å². The summed E-state index contributed by atoms with van der Waals surface area (Å²) >= 11 is 0. The van der Waals surface area contributed by atoms with Crippen molar-refractivity contribution in [3.05, 3.63) is 65.7 Å². The summed E-state index contributed by atoms with van der Waals surface area (Å²) in [6, 6.07) is 15.3. The molecule has 0 aliphatic rings. The zero-order chi connectivity index (χ0) is 31.6. The summed E-state index contributed by atoms with van der Waals surface area (Å²) in [5, 5.41) is 5.18. The Balaban J connectivity index is 1.69. The second-order valence-electron chi connectivity index (χ2n) is 11.1. The molecule has 0 aromatic heterocycles. The number of nitrogens with two attached hydrogens (primary N) is 1. The molecular weight excluding hydrogens is 544 g/mol. The number of primary amides is 1. The molecule has 2 aromatic rings. The van der Waals surface area contributed by atoms with Crippen LogP contribution >= 0.6 is 0 Å². The molecule has 0 aliphatic carbocycles. The van der Waals surface area contributed by atoms with Gasteiger partial charge in [0.05, 0.1) is 54.4 Å². The van der Waals surface area contributed by atoms with Crippen molar-refractivity contribution in [2.45, 2.75) is 57.9 Å². The second-order valence-corrected chi connectivity index (χ2v) is 11.1. The number of ether oxygens (including phenoxy) is 1. The van der Waals surface area contributed by atoms with Crippen molar-refractivity contribution in [3.8, 4) is 5.75 Å². The standard InChI is InChI=1S/C33H50N6O4/c1-6-7-21-39(33(37(2)3)38(4)5)22-13-8-9-14-23-43-28-19-17-27(18-20-28)32(42)35-25-30(40)36-29(31(34)41)24-26-15-11-10-12-16-26/h10-12,15-20,29H,6-9,13-14,21-25H2,1-5H3,(H3-,34,35,36,40,41,42)/p+1/t29-/m0/s1. The number of guanidine groups is 1. The van der Waals surface area contributed by atoms with E-state index in [9.17, 15) is 14.4 Å². The number of rotatable bonds is 18. The van der Waals surface area contributed by atoms with Crippen LogP contribution in [0, 0.1) is 0 Å². The van der Waals surface area contributed by atoms with Gasteiger partial charge < -0.3 is 21.1 Å². The van der Waals surface area contributed by atoms with Crippen LogP contribution in [0.5, 0.6) is 5.75 Å². The first kappa shape index (κ1) is 35.1. The Morgan fingerprint density at radius 1 is 0.907 bits per heavy atom. The summed E-state index contributed by atoms with van der Waals surface area (Å²) in [6.45, 7) is 4.68. The van der Waals surface area contributed by atoms with Gasteiger partial charge in [0.15, 0.2) is 0 Å². The number of hydrogen-bond donors (Lipinski definition) is 3. The molecule has 0 saturated heterocycles. The van der Waals surface area contributed by atoms with Crippen molar-refractivity contribution in [1.82, 2.24) is 20.4 Å². The summed E-state index contributed by atoms with van der Waals surface area (Å²) in [5.74, 6) is 0.424. The van der Waals surface area contributed by atoms with Gasteiger partial charge in [-0.2, -0.15) is 0 Å². The number of nitrogens with zero attached hydrogens (tertiary/aromatic N) is 3. The first-order valence-electron chi connectivity index (χ1n) is 15.2. The minimum Gasteiger partial charge on any atom is -0.494 e. The molecule has 0 radical (unpaired) electrons. The topological polar surface area (TPSA) is 120 Å². The van der Waals surface area contributed by atoms with E-state index in [-0.39, 0.29) is 13.0 Å². The molecule has 0 saturated carbocycles. The lowest BCUT2D eigenvalue weighted by Gasteiger charge is -2.25. The summed E-state index contributed by atoms with van der Waals surface area (Å²) < 4.78 is 8.05. The SMILES string of the molecule is CCCCN(CCCCCCOc1ccc(C(=O)NCC(=O)N[C@@H](Cc2ccccc2)C(N)=O)cc1)C(N(C)C)=[N+](C)C. The van der Waals surface area contributed by atoms with Crippen LogP contribution in [0.3, 0.4) is 0 Å². The largest absolute Gasteiger partial charge is 0.494 e. The van der Waals surface area contributed by atoms with Gasteiger partial charge in [-0.05, 0) is 55.5 Å². The van der Waals surface area contributed by atoms with Gasteiger partial charge in [-0.25, -0.2) is 0 Å². The van der Waals surface area contributed by atoms with Crippen LogP contribution < -0.4 is 21.1 Å². The maximum atomic E-state index is 12.5. The number of carbonyl (C=O) groups excluding carboxylic acids is 3. The number of unbranched alkanes of at least 4 members (excludes halogenated alkanes) is 4. The molecule has 4 N–H and O–H groups in total. The predicted molar refractivity (Wildman–Crippen MR) is 171 cm³/mol. The van der Waals surface area contributed by atoms with Crippen molar-refractivity contribution in [3.63, 3.8) is 0 Å². The van der Waals surface area contributed by atoms with E-state index in [1.165, 1.54) is 18.8 Å². The lowest BCUT2D eigenvalue weighted by molar-refractivity contribution is -0.476. The predicted octanol–water partition coefficient (Wildman–Crippen LogP) is 2.86. The van der Waals surface area contributed by atoms with Crippen LogP contribution in [0.15, 0.2) is 54.6 Å². The van der Waals surface area contributed by atoms with E-state index in [2.05, 4.69) is 60.1 Å². The van der Waals surface area contributed by atoms with Crippen LogP contribution in [0.25, 0.3) is 0 Å². The zero-order valence-electron chi connectivity index (χ0n) is 26.6. The van der Waals surface area contributed by atoms with Gasteiger partial charge in [-0.15, -0.1) is 0 Å². The molecule has 43 heavy (non-hydrogen) atoms. The fourth-order valence-electron chi connectivity index (χ4n) is 4.86. The smallest absolute Gasteiger partial charge is 0.349 e. The Hall–Kier alpha value is -4.08. The minimum absolute atomic E-state index is 0.268. The van der Waals surface area contributed by atoms with Crippen LogP contribution in [-0.2, 0) is 16.0 Å². The lowest BCUT2D eigenvalue weighted by Crippen LogP contribution is -2.49. The zero-order valence-corrected chi connectivity index (χ0v) is 26.6. The molecule has 236 valence electrons. The average molecular weight is 596 g/mol. The van der Waals surface area contributed by atoms with E-state index >= 15 is 0 Å². The van der Waals surface area contributed by atoms with Crippen LogP contribution in [0.4, 0.5) is 0 Å². The highest BCUT2D eigenvalue weighted by Gasteiger charge is 2.21. The highest BCUT2D eigenvalue weighted by molar-refractivity contribution is 5.97. The molecule has 10 heteroatoms. The first-order chi connectivity index (χ1) is 20.6. The van der Waals surface area contributed by atoms with E-state index in [0.717, 1.165) is 44.3 Å². The molecular formula is C33H51N6O4+. The van der Waals surface area contributed by atoms with E-state index in [0.29, 0.717) is 17.9 Å². The minimum atomic E-state index is -0.860. The molecule has 2 aromatic carbocycles. The monoisotopic (exact) mass is 595 g/mol. The van der Waals surface area contributed by atoms with Gasteiger partial charge in [0.25, 0.3) is 5.91 Å². The maximum Gasteiger partial charge on any atom is 0.349 e. The van der Waals surface area contributed by atoms with Crippen molar-refractivity contribution < 1.29 is 23.7 Å². The van der Waals surface area contributed by atoms with Crippen LogP contribution in [0.1, 0.15) is 61.4 Å². The molecule has 2 rings (SSSR count). The van der Waals surface area contributed by atoms with Crippen LogP contribution in [0.2, 0.25) is 0 Å². The summed E-state index contributed by atoms with van der Waals surface area (Å²) in [4.78, 5) is 41.3. The Morgan fingerprint density at radius 2 is 1.56 bits per heavy atom. The highest BCUT2D eigenvalue weighted by atomic mass is 16.5. The molecule has 0 bridgehead atoms. The van der Waals surface area contributed by atoms with E-state index in [1.54, 1.807) is 24.3 Å². The Kier molecular flexibility index (Phi) is 15.7. The van der Waals surface area contributed by atoms with Crippen molar-refractivity contribution in [1.29, 1.82) is 0 Å². The summed E-state index contributed by atoms with van der Waals surface area (Å²) in [6.07, 6.45) is 6.96. The normalized spacial score (nSPS) is 11.3. The molecule has 0 unspecified atom stereocenters. The molecule has 3 amide bonds. The Labute approximate surface area is 257 Å².